The lowest BCUT2D eigenvalue weighted by Gasteiger charge is -2.07. The average Bonchev–Trinajstić information content (AvgIpc) is 3.31. The van der Waals surface area contributed by atoms with Gasteiger partial charge in [0.2, 0.25) is 16.9 Å². The monoisotopic (exact) mass is 382 g/mol. The molecule has 0 saturated carbocycles. The second-order valence-electron chi connectivity index (χ2n) is 5.73. The first-order valence-corrected chi connectivity index (χ1v) is 9.02. The SMILES string of the molecule is C[C@H](Sc1nnc(-c2ccccc2F)n1N)c1nnc(-c2ccccc2)o1. The Morgan fingerprint density at radius 2 is 1.74 bits per heavy atom. The number of aromatic nitrogens is 5. The van der Waals surface area contributed by atoms with Gasteiger partial charge < -0.3 is 10.3 Å². The first-order valence-electron chi connectivity index (χ1n) is 8.14. The molecule has 0 radical (unpaired) electrons. The molecule has 7 nitrogen and oxygen atoms in total. The molecule has 0 aliphatic carbocycles. The first-order chi connectivity index (χ1) is 13.1. The van der Waals surface area contributed by atoms with Crippen LogP contribution < -0.4 is 5.84 Å². The molecule has 0 unspecified atom stereocenters. The van der Waals surface area contributed by atoms with Crippen LogP contribution in [0.15, 0.2) is 64.2 Å². The molecule has 0 spiro atoms. The van der Waals surface area contributed by atoms with Crippen molar-refractivity contribution in [2.24, 2.45) is 0 Å². The van der Waals surface area contributed by atoms with E-state index in [1.807, 2.05) is 37.3 Å². The third kappa shape index (κ3) is 3.41. The van der Waals surface area contributed by atoms with E-state index in [1.165, 1.54) is 22.5 Å². The Morgan fingerprint density at radius 1 is 1.00 bits per heavy atom. The Balaban J connectivity index is 1.55. The van der Waals surface area contributed by atoms with Crippen molar-refractivity contribution in [3.05, 3.63) is 66.3 Å². The number of benzene rings is 2. The molecule has 0 amide bonds. The van der Waals surface area contributed by atoms with Crippen LogP contribution in [0, 0.1) is 5.82 Å². The standard InChI is InChI=1S/C18H15FN6OS/c1-11(16-22-23-17(26-16)12-7-3-2-4-8-12)27-18-24-21-15(25(18)20)13-9-5-6-10-14(13)19/h2-11H,20H2,1H3/t11-/m0/s1. The summed E-state index contributed by atoms with van der Waals surface area (Å²) in [6.45, 7) is 1.89. The fourth-order valence-electron chi connectivity index (χ4n) is 2.49. The summed E-state index contributed by atoms with van der Waals surface area (Å²) in [6, 6.07) is 15.8. The predicted molar refractivity (Wildman–Crippen MR) is 99.6 cm³/mol. The Hall–Kier alpha value is -3.20. The zero-order valence-corrected chi connectivity index (χ0v) is 15.1. The van der Waals surface area contributed by atoms with Gasteiger partial charge in [-0.3, -0.25) is 0 Å². The van der Waals surface area contributed by atoms with Crippen molar-refractivity contribution in [1.82, 2.24) is 25.1 Å². The molecular weight excluding hydrogens is 367 g/mol. The van der Waals surface area contributed by atoms with Crippen molar-refractivity contribution < 1.29 is 8.81 Å². The first kappa shape index (κ1) is 17.2. The quantitative estimate of drug-likeness (QED) is 0.415. The van der Waals surface area contributed by atoms with Gasteiger partial charge in [0.15, 0.2) is 5.82 Å². The van der Waals surface area contributed by atoms with Gasteiger partial charge in [-0.25, -0.2) is 9.07 Å². The molecule has 2 aromatic heterocycles. The van der Waals surface area contributed by atoms with Crippen LogP contribution >= 0.6 is 11.8 Å². The summed E-state index contributed by atoms with van der Waals surface area (Å²) >= 11 is 1.30. The zero-order chi connectivity index (χ0) is 18.8. The van der Waals surface area contributed by atoms with Crippen molar-refractivity contribution in [2.75, 3.05) is 5.84 Å². The molecule has 0 bridgehead atoms. The van der Waals surface area contributed by atoms with Crippen LogP contribution in [0.4, 0.5) is 4.39 Å². The molecule has 2 N–H and O–H groups in total. The molecule has 136 valence electrons. The fourth-order valence-corrected chi connectivity index (χ4v) is 3.29. The van der Waals surface area contributed by atoms with Gasteiger partial charge >= 0.3 is 0 Å². The lowest BCUT2D eigenvalue weighted by atomic mass is 10.2. The third-order valence-electron chi connectivity index (χ3n) is 3.87. The van der Waals surface area contributed by atoms with Gasteiger partial charge in [0.1, 0.15) is 5.82 Å². The van der Waals surface area contributed by atoms with Crippen LogP contribution in [0.2, 0.25) is 0 Å². The summed E-state index contributed by atoms with van der Waals surface area (Å²) in [5, 5.41) is 16.5. The second kappa shape index (κ2) is 7.20. The Bertz CT molecular complexity index is 1060. The van der Waals surface area contributed by atoms with E-state index in [9.17, 15) is 4.39 Å². The molecule has 4 rings (SSSR count). The van der Waals surface area contributed by atoms with E-state index in [1.54, 1.807) is 18.2 Å². The number of nitrogen functional groups attached to an aromatic ring is 1. The lowest BCUT2D eigenvalue weighted by molar-refractivity contribution is 0.509. The molecular formula is C18H15FN6OS. The summed E-state index contributed by atoms with van der Waals surface area (Å²) < 4.78 is 21.0. The number of nitrogens with two attached hydrogens (primary N) is 1. The number of rotatable bonds is 5. The molecule has 1 atom stereocenters. The molecule has 0 aliphatic rings. The van der Waals surface area contributed by atoms with Gasteiger partial charge in [0, 0.05) is 5.56 Å². The molecule has 0 fully saturated rings. The maximum absolute atomic E-state index is 14.0. The van der Waals surface area contributed by atoms with Gasteiger partial charge in [-0.1, -0.05) is 42.1 Å². The molecule has 2 heterocycles. The van der Waals surface area contributed by atoms with E-state index in [-0.39, 0.29) is 16.6 Å². The largest absolute Gasteiger partial charge is 0.419 e. The van der Waals surface area contributed by atoms with Crippen LogP contribution in [0.1, 0.15) is 18.1 Å². The molecule has 27 heavy (non-hydrogen) atoms. The number of halogens is 1. The van der Waals surface area contributed by atoms with E-state index in [4.69, 9.17) is 10.3 Å². The summed E-state index contributed by atoms with van der Waals surface area (Å²) in [4.78, 5) is 0. The maximum atomic E-state index is 14.0. The second-order valence-corrected chi connectivity index (χ2v) is 7.04. The van der Waals surface area contributed by atoms with Gasteiger partial charge in [0.25, 0.3) is 0 Å². The Kier molecular flexibility index (Phi) is 4.59. The van der Waals surface area contributed by atoms with Crippen molar-refractivity contribution >= 4 is 11.8 Å². The van der Waals surface area contributed by atoms with E-state index in [0.717, 1.165) is 5.56 Å². The predicted octanol–water partition coefficient (Wildman–Crippen LogP) is 3.70. The summed E-state index contributed by atoms with van der Waals surface area (Å²) in [7, 11) is 0. The van der Waals surface area contributed by atoms with Crippen LogP contribution in [0.3, 0.4) is 0 Å². The van der Waals surface area contributed by atoms with E-state index < -0.39 is 5.82 Å². The Morgan fingerprint density at radius 3 is 2.52 bits per heavy atom. The van der Waals surface area contributed by atoms with Crippen LogP contribution in [0.25, 0.3) is 22.8 Å². The highest BCUT2D eigenvalue weighted by Crippen LogP contribution is 2.35. The molecule has 0 aliphatic heterocycles. The third-order valence-corrected chi connectivity index (χ3v) is 4.91. The topological polar surface area (TPSA) is 95.7 Å². The minimum absolute atomic E-state index is 0.213. The highest BCUT2D eigenvalue weighted by atomic mass is 32.2. The normalized spacial score (nSPS) is 12.2. The number of hydrogen-bond acceptors (Lipinski definition) is 7. The van der Waals surface area contributed by atoms with Crippen molar-refractivity contribution in [1.29, 1.82) is 0 Å². The zero-order valence-electron chi connectivity index (χ0n) is 14.3. The highest BCUT2D eigenvalue weighted by Gasteiger charge is 2.21. The smallest absolute Gasteiger partial charge is 0.247 e. The van der Waals surface area contributed by atoms with Crippen molar-refractivity contribution in [3.63, 3.8) is 0 Å². The van der Waals surface area contributed by atoms with E-state index in [2.05, 4.69) is 20.4 Å². The fraction of sp³-hybridized carbons (Fsp3) is 0.111. The molecule has 2 aromatic carbocycles. The number of nitrogens with zero attached hydrogens (tertiary/aromatic N) is 5. The summed E-state index contributed by atoms with van der Waals surface area (Å²) in [5.41, 5.74) is 1.13. The van der Waals surface area contributed by atoms with Gasteiger partial charge in [0.05, 0.1) is 10.8 Å². The molecule has 9 heteroatoms. The summed E-state index contributed by atoms with van der Waals surface area (Å²) in [5.74, 6) is 6.78. The highest BCUT2D eigenvalue weighted by molar-refractivity contribution is 7.99. The van der Waals surface area contributed by atoms with Crippen molar-refractivity contribution in [2.45, 2.75) is 17.3 Å². The maximum Gasteiger partial charge on any atom is 0.247 e. The molecule has 0 saturated heterocycles. The number of thioether (sulfide) groups is 1. The summed E-state index contributed by atoms with van der Waals surface area (Å²) in [6.07, 6.45) is 0. The van der Waals surface area contributed by atoms with Crippen LogP contribution in [-0.2, 0) is 0 Å². The van der Waals surface area contributed by atoms with Crippen LogP contribution in [0.5, 0.6) is 0 Å². The Labute approximate surface area is 158 Å². The van der Waals surface area contributed by atoms with Gasteiger partial charge in [-0.2, -0.15) is 0 Å². The van der Waals surface area contributed by atoms with E-state index in [0.29, 0.717) is 16.9 Å². The minimum atomic E-state index is -0.411. The minimum Gasteiger partial charge on any atom is -0.419 e. The van der Waals surface area contributed by atoms with Gasteiger partial charge in [-0.15, -0.1) is 20.4 Å². The molecule has 4 aromatic rings. The van der Waals surface area contributed by atoms with Crippen LogP contribution in [-0.4, -0.2) is 25.1 Å². The number of hydrogen-bond donors (Lipinski definition) is 1. The van der Waals surface area contributed by atoms with Gasteiger partial charge in [-0.05, 0) is 31.2 Å². The average molecular weight is 382 g/mol. The van der Waals surface area contributed by atoms with Crippen molar-refractivity contribution in [3.8, 4) is 22.8 Å². The lowest BCUT2D eigenvalue weighted by Crippen LogP contribution is -2.12. The van der Waals surface area contributed by atoms with E-state index >= 15 is 0 Å².